The van der Waals surface area contributed by atoms with E-state index in [1.54, 1.807) is 11.0 Å². The van der Waals surface area contributed by atoms with Crippen LogP contribution in [-0.4, -0.2) is 49.7 Å². The van der Waals surface area contributed by atoms with E-state index in [9.17, 15) is 9.59 Å². The van der Waals surface area contributed by atoms with Crippen LogP contribution in [0.3, 0.4) is 0 Å². The maximum absolute atomic E-state index is 11.8. The molecule has 6 heteroatoms. The summed E-state index contributed by atoms with van der Waals surface area (Å²) >= 11 is 0. The number of ether oxygens (including phenoxy) is 3. The highest BCUT2D eigenvalue weighted by atomic mass is 16.5. The fourth-order valence-electron chi connectivity index (χ4n) is 2.69. The minimum absolute atomic E-state index is 0.134. The van der Waals surface area contributed by atoms with Gasteiger partial charge in [-0.25, -0.2) is 4.79 Å². The van der Waals surface area contributed by atoms with Crippen molar-refractivity contribution in [3.63, 3.8) is 0 Å². The van der Waals surface area contributed by atoms with Crippen molar-refractivity contribution in [1.82, 2.24) is 4.90 Å². The van der Waals surface area contributed by atoms with Gasteiger partial charge in [0.1, 0.15) is 0 Å². The van der Waals surface area contributed by atoms with Gasteiger partial charge in [-0.05, 0) is 36.6 Å². The lowest BCUT2D eigenvalue weighted by Crippen LogP contribution is -2.31. The van der Waals surface area contributed by atoms with Gasteiger partial charge in [-0.15, -0.1) is 0 Å². The van der Waals surface area contributed by atoms with Gasteiger partial charge in [0.05, 0.1) is 13.2 Å². The first kappa shape index (κ1) is 16.4. The quantitative estimate of drug-likeness (QED) is 0.624. The molecule has 1 aromatic rings. The number of rotatable bonds is 4. The molecule has 0 saturated carbocycles. The number of fused-ring (bicyclic) bond motifs is 1. The van der Waals surface area contributed by atoms with E-state index in [2.05, 4.69) is 0 Å². The topological polar surface area (TPSA) is 65.1 Å². The first-order chi connectivity index (χ1) is 11.7. The largest absolute Gasteiger partial charge is 0.490 e. The highest BCUT2D eigenvalue weighted by Gasteiger charge is 2.18. The molecule has 1 fully saturated rings. The molecular weight excluding hydrogens is 310 g/mol. The molecular formula is C18H21NO5. The van der Waals surface area contributed by atoms with Crippen molar-refractivity contribution in [1.29, 1.82) is 0 Å². The van der Waals surface area contributed by atoms with Crippen LogP contribution in [0.15, 0.2) is 24.3 Å². The Morgan fingerprint density at radius 1 is 1.08 bits per heavy atom. The predicted molar refractivity (Wildman–Crippen MR) is 87.9 cm³/mol. The van der Waals surface area contributed by atoms with Gasteiger partial charge in [0.2, 0.25) is 0 Å². The van der Waals surface area contributed by atoms with E-state index < -0.39 is 5.97 Å². The number of hydrogen-bond acceptors (Lipinski definition) is 5. The summed E-state index contributed by atoms with van der Waals surface area (Å²) in [4.78, 5) is 25.3. The molecule has 0 aliphatic carbocycles. The lowest BCUT2D eigenvalue weighted by atomic mass is 10.2. The van der Waals surface area contributed by atoms with Crippen LogP contribution in [0.1, 0.15) is 24.8 Å². The molecule has 2 aliphatic heterocycles. The highest BCUT2D eigenvalue weighted by molar-refractivity contribution is 5.89. The van der Waals surface area contributed by atoms with E-state index in [1.165, 1.54) is 6.08 Å². The Morgan fingerprint density at radius 3 is 2.62 bits per heavy atom. The van der Waals surface area contributed by atoms with E-state index in [1.807, 2.05) is 18.2 Å². The number of nitrogens with zero attached hydrogens (tertiary/aromatic N) is 1. The van der Waals surface area contributed by atoms with Gasteiger partial charge in [-0.3, -0.25) is 4.79 Å². The molecule has 0 unspecified atom stereocenters. The third-order valence-electron chi connectivity index (χ3n) is 3.98. The Hall–Kier alpha value is -2.50. The van der Waals surface area contributed by atoms with E-state index in [-0.39, 0.29) is 12.5 Å². The van der Waals surface area contributed by atoms with Crippen LogP contribution in [0.2, 0.25) is 0 Å². The minimum atomic E-state index is -0.533. The lowest BCUT2D eigenvalue weighted by Gasteiger charge is -2.14. The molecule has 2 aliphatic rings. The highest BCUT2D eigenvalue weighted by Crippen LogP contribution is 2.30. The summed E-state index contributed by atoms with van der Waals surface area (Å²) in [6, 6.07) is 5.48. The van der Waals surface area contributed by atoms with Gasteiger partial charge in [0.25, 0.3) is 5.91 Å². The van der Waals surface area contributed by atoms with Gasteiger partial charge >= 0.3 is 5.97 Å². The minimum Gasteiger partial charge on any atom is -0.490 e. The SMILES string of the molecule is O=C(/C=C/c1ccc2c(c1)OCCCO2)OCC(=O)N1CCCC1. The molecule has 1 aromatic carbocycles. The van der Waals surface area contributed by atoms with Crippen molar-refractivity contribution in [2.45, 2.75) is 19.3 Å². The van der Waals surface area contributed by atoms with Crippen molar-refractivity contribution in [3.8, 4) is 11.5 Å². The van der Waals surface area contributed by atoms with Crippen molar-refractivity contribution >= 4 is 18.0 Å². The summed E-state index contributed by atoms with van der Waals surface area (Å²) < 4.78 is 16.2. The van der Waals surface area contributed by atoms with Gasteiger partial charge in [-0.1, -0.05) is 6.07 Å². The molecule has 0 spiro atoms. The Labute approximate surface area is 141 Å². The molecule has 1 saturated heterocycles. The first-order valence-corrected chi connectivity index (χ1v) is 8.24. The molecule has 0 atom stereocenters. The van der Waals surface area contributed by atoms with E-state index >= 15 is 0 Å². The Kier molecular flexibility index (Phi) is 5.36. The third kappa shape index (κ3) is 4.28. The Morgan fingerprint density at radius 2 is 1.83 bits per heavy atom. The normalized spacial score (nSPS) is 16.9. The predicted octanol–water partition coefficient (Wildman–Crippen LogP) is 2.03. The number of carbonyl (C=O) groups is 2. The number of likely N-dealkylation sites (tertiary alicyclic amines) is 1. The van der Waals surface area contributed by atoms with Crippen molar-refractivity contribution in [2.75, 3.05) is 32.9 Å². The van der Waals surface area contributed by atoms with Gasteiger partial charge in [-0.2, -0.15) is 0 Å². The van der Waals surface area contributed by atoms with Crippen LogP contribution in [0, 0.1) is 0 Å². The third-order valence-corrected chi connectivity index (χ3v) is 3.98. The summed E-state index contributed by atoms with van der Waals surface area (Å²) in [7, 11) is 0. The van der Waals surface area contributed by atoms with Crippen LogP contribution in [0.4, 0.5) is 0 Å². The van der Waals surface area contributed by atoms with Gasteiger partial charge in [0, 0.05) is 25.6 Å². The molecule has 0 N–H and O–H groups in total. The van der Waals surface area contributed by atoms with Crippen molar-refractivity contribution < 1.29 is 23.8 Å². The number of benzene rings is 1. The summed E-state index contributed by atoms with van der Waals surface area (Å²) in [6.07, 6.45) is 5.83. The first-order valence-electron chi connectivity index (χ1n) is 8.24. The molecule has 6 nitrogen and oxygen atoms in total. The smallest absolute Gasteiger partial charge is 0.331 e. The standard InChI is InChI=1S/C18H21NO5/c20-17(19-8-1-2-9-19)13-24-18(21)7-5-14-4-6-15-16(12-14)23-11-3-10-22-15/h4-7,12H,1-3,8-11,13H2/b7-5+. The molecule has 0 radical (unpaired) electrons. The van der Waals surface area contributed by atoms with Crippen molar-refractivity contribution in [3.05, 3.63) is 29.8 Å². The van der Waals surface area contributed by atoms with Crippen LogP contribution in [-0.2, 0) is 14.3 Å². The van der Waals surface area contributed by atoms with Crippen LogP contribution < -0.4 is 9.47 Å². The average Bonchev–Trinajstić information content (AvgIpc) is 3.03. The molecule has 0 aromatic heterocycles. The van der Waals surface area contributed by atoms with Crippen LogP contribution in [0.5, 0.6) is 11.5 Å². The summed E-state index contributed by atoms with van der Waals surface area (Å²) in [5.41, 5.74) is 0.807. The zero-order valence-corrected chi connectivity index (χ0v) is 13.5. The molecule has 3 rings (SSSR count). The fraction of sp³-hybridized carbons (Fsp3) is 0.444. The van der Waals surface area contributed by atoms with Gasteiger partial charge < -0.3 is 19.1 Å². The molecule has 0 bridgehead atoms. The van der Waals surface area contributed by atoms with Gasteiger partial charge in [0.15, 0.2) is 18.1 Å². The zero-order valence-electron chi connectivity index (χ0n) is 13.5. The number of amides is 1. The Balaban J connectivity index is 1.52. The average molecular weight is 331 g/mol. The maximum Gasteiger partial charge on any atom is 0.331 e. The molecule has 128 valence electrons. The maximum atomic E-state index is 11.8. The second-order valence-corrected chi connectivity index (χ2v) is 5.79. The second kappa shape index (κ2) is 7.86. The van der Waals surface area contributed by atoms with Crippen LogP contribution in [0.25, 0.3) is 6.08 Å². The summed E-state index contributed by atoms with van der Waals surface area (Å²) in [5.74, 6) is 0.718. The van der Waals surface area contributed by atoms with Crippen LogP contribution >= 0.6 is 0 Å². The van der Waals surface area contributed by atoms with E-state index in [0.717, 1.165) is 37.9 Å². The summed E-state index contributed by atoms with van der Waals surface area (Å²) in [5, 5.41) is 0. The summed E-state index contributed by atoms with van der Waals surface area (Å²) in [6.45, 7) is 2.55. The Bertz CT molecular complexity index is 634. The van der Waals surface area contributed by atoms with E-state index in [4.69, 9.17) is 14.2 Å². The number of hydrogen-bond donors (Lipinski definition) is 0. The van der Waals surface area contributed by atoms with Crippen molar-refractivity contribution in [2.24, 2.45) is 0 Å². The molecule has 2 heterocycles. The molecule has 1 amide bonds. The monoisotopic (exact) mass is 331 g/mol. The fourth-order valence-corrected chi connectivity index (χ4v) is 2.69. The number of esters is 1. The van der Waals surface area contributed by atoms with E-state index in [0.29, 0.717) is 24.7 Å². The second-order valence-electron chi connectivity index (χ2n) is 5.79. The molecule has 24 heavy (non-hydrogen) atoms. The number of carbonyl (C=O) groups excluding carboxylic acids is 2. The zero-order chi connectivity index (χ0) is 16.8. The lowest BCUT2D eigenvalue weighted by molar-refractivity contribution is -0.147.